The Hall–Kier alpha value is -2.79. The van der Waals surface area contributed by atoms with Crippen molar-refractivity contribution < 1.29 is 13.9 Å². The molecule has 5 nitrogen and oxygen atoms in total. The SMILES string of the molecule is CCN(Cc1ccc(OC)cc1)Cc1cc(=O)oc2cc(OC)ccc12. The van der Waals surface area contributed by atoms with E-state index in [9.17, 15) is 4.79 Å². The highest BCUT2D eigenvalue weighted by Crippen LogP contribution is 2.24. The summed E-state index contributed by atoms with van der Waals surface area (Å²) in [4.78, 5) is 14.2. The van der Waals surface area contributed by atoms with E-state index in [0.717, 1.165) is 29.8 Å². The standard InChI is InChI=1S/C21H23NO4/c1-4-22(13-15-5-7-17(24-2)8-6-15)14-16-11-21(23)26-20-12-18(25-3)9-10-19(16)20/h5-12H,4,13-14H2,1-3H3. The van der Waals surface area contributed by atoms with Gasteiger partial charge in [-0.3, -0.25) is 4.90 Å². The Bertz CT molecular complexity index is 931. The zero-order valence-corrected chi connectivity index (χ0v) is 15.3. The maximum absolute atomic E-state index is 12.0. The Morgan fingerprint density at radius 2 is 1.62 bits per heavy atom. The van der Waals surface area contributed by atoms with Crippen molar-refractivity contribution in [1.29, 1.82) is 0 Å². The number of hydrogen-bond donors (Lipinski definition) is 0. The monoisotopic (exact) mass is 353 g/mol. The maximum atomic E-state index is 12.0. The highest BCUT2D eigenvalue weighted by molar-refractivity contribution is 5.81. The molecule has 5 heteroatoms. The van der Waals surface area contributed by atoms with Crippen LogP contribution in [0, 0.1) is 0 Å². The first kappa shape index (κ1) is 18.0. The molecule has 0 aliphatic heterocycles. The third-order valence-corrected chi connectivity index (χ3v) is 4.44. The fraction of sp³-hybridized carbons (Fsp3) is 0.286. The molecule has 0 aliphatic rings. The van der Waals surface area contributed by atoms with Gasteiger partial charge in [0.1, 0.15) is 17.1 Å². The number of benzene rings is 2. The summed E-state index contributed by atoms with van der Waals surface area (Å²) in [6, 6.07) is 15.2. The summed E-state index contributed by atoms with van der Waals surface area (Å²) in [5.41, 5.74) is 2.35. The van der Waals surface area contributed by atoms with Crippen LogP contribution >= 0.6 is 0 Å². The van der Waals surface area contributed by atoms with Crippen LogP contribution < -0.4 is 15.1 Å². The summed E-state index contributed by atoms with van der Waals surface area (Å²) in [5.74, 6) is 1.51. The van der Waals surface area contributed by atoms with Gasteiger partial charge in [-0.25, -0.2) is 4.79 Å². The summed E-state index contributed by atoms with van der Waals surface area (Å²) in [6.07, 6.45) is 0. The molecule has 0 unspecified atom stereocenters. The van der Waals surface area contributed by atoms with Crippen molar-refractivity contribution in [3.63, 3.8) is 0 Å². The average molecular weight is 353 g/mol. The van der Waals surface area contributed by atoms with Gasteiger partial charge in [0, 0.05) is 30.6 Å². The maximum Gasteiger partial charge on any atom is 0.336 e. The van der Waals surface area contributed by atoms with Crippen molar-refractivity contribution in [2.45, 2.75) is 20.0 Å². The molecule has 1 heterocycles. The lowest BCUT2D eigenvalue weighted by Gasteiger charge is -2.21. The van der Waals surface area contributed by atoms with Gasteiger partial charge in [0.25, 0.3) is 0 Å². The smallest absolute Gasteiger partial charge is 0.336 e. The van der Waals surface area contributed by atoms with E-state index in [1.807, 2.05) is 24.3 Å². The van der Waals surface area contributed by atoms with Crippen LogP contribution in [0.25, 0.3) is 11.0 Å². The quantitative estimate of drug-likeness (QED) is 0.604. The average Bonchev–Trinajstić information content (AvgIpc) is 2.67. The molecule has 0 spiro atoms. The number of ether oxygens (including phenoxy) is 2. The molecular formula is C21H23NO4. The van der Waals surface area contributed by atoms with E-state index in [0.29, 0.717) is 17.9 Å². The first-order chi connectivity index (χ1) is 12.6. The van der Waals surface area contributed by atoms with Gasteiger partial charge in [0.15, 0.2) is 0 Å². The van der Waals surface area contributed by atoms with Crippen molar-refractivity contribution in [3.8, 4) is 11.5 Å². The van der Waals surface area contributed by atoms with Crippen molar-refractivity contribution >= 4 is 11.0 Å². The van der Waals surface area contributed by atoms with E-state index in [1.165, 1.54) is 5.56 Å². The predicted octanol–water partition coefficient (Wildman–Crippen LogP) is 3.83. The molecule has 2 aromatic carbocycles. The fourth-order valence-electron chi connectivity index (χ4n) is 2.98. The number of rotatable bonds is 7. The summed E-state index contributed by atoms with van der Waals surface area (Å²) in [6.45, 7) is 4.43. The lowest BCUT2D eigenvalue weighted by atomic mass is 10.1. The van der Waals surface area contributed by atoms with Gasteiger partial charge in [-0.2, -0.15) is 0 Å². The minimum Gasteiger partial charge on any atom is -0.497 e. The van der Waals surface area contributed by atoms with Gasteiger partial charge >= 0.3 is 5.63 Å². The zero-order chi connectivity index (χ0) is 18.5. The Kier molecular flexibility index (Phi) is 5.58. The molecular weight excluding hydrogens is 330 g/mol. The Labute approximate surface area is 152 Å². The van der Waals surface area contributed by atoms with Crippen LogP contribution in [0.1, 0.15) is 18.1 Å². The van der Waals surface area contributed by atoms with Crippen LogP contribution in [0.4, 0.5) is 0 Å². The number of hydrogen-bond acceptors (Lipinski definition) is 5. The predicted molar refractivity (Wildman–Crippen MR) is 102 cm³/mol. The largest absolute Gasteiger partial charge is 0.497 e. The molecule has 0 saturated heterocycles. The van der Waals surface area contributed by atoms with Gasteiger partial charge in [0.05, 0.1) is 14.2 Å². The lowest BCUT2D eigenvalue weighted by molar-refractivity contribution is 0.271. The van der Waals surface area contributed by atoms with E-state index < -0.39 is 0 Å². The fourth-order valence-corrected chi connectivity index (χ4v) is 2.98. The number of methoxy groups -OCH3 is 2. The van der Waals surface area contributed by atoms with Crippen LogP contribution in [0.5, 0.6) is 11.5 Å². The third kappa shape index (κ3) is 4.06. The van der Waals surface area contributed by atoms with E-state index >= 15 is 0 Å². The van der Waals surface area contributed by atoms with E-state index in [2.05, 4.69) is 24.0 Å². The highest BCUT2D eigenvalue weighted by Gasteiger charge is 2.11. The van der Waals surface area contributed by atoms with E-state index in [-0.39, 0.29) is 5.63 Å². The molecule has 0 radical (unpaired) electrons. The van der Waals surface area contributed by atoms with Crippen molar-refractivity contribution in [1.82, 2.24) is 4.90 Å². The van der Waals surface area contributed by atoms with Crippen molar-refractivity contribution in [3.05, 3.63) is 70.1 Å². The van der Waals surface area contributed by atoms with Crippen LogP contribution in [0.2, 0.25) is 0 Å². The molecule has 0 atom stereocenters. The summed E-state index contributed by atoms with van der Waals surface area (Å²) in [5, 5.41) is 0.929. The van der Waals surface area contributed by atoms with Gasteiger partial charge in [-0.15, -0.1) is 0 Å². The summed E-state index contributed by atoms with van der Waals surface area (Å²) < 4.78 is 15.8. The molecule has 136 valence electrons. The zero-order valence-electron chi connectivity index (χ0n) is 15.3. The minimum absolute atomic E-state index is 0.346. The van der Waals surface area contributed by atoms with Crippen LogP contribution in [-0.2, 0) is 13.1 Å². The molecule has 0 amide bonds. The van der Waals surface area contributed by atoms with E-state index in [4.69, 9.17) is 13.9 Å². The van der Waals surface area contributed by atoms with Crippen LogP contribution in [-0.4, -0.2) is 25.7 Å². The van der Waals surface area contributed by atoms with Crippen LogP contribution in [0.15, 0.2) is 57.7 Å². The lowest BCUT2D eigenvalue weighted by Crippen LogP contribution is -2.23. The Morgan fingerprint density at radius 1 is 0.923 bits per heavy atom. The van der Waals surface area contributed by atoms with Crippen molar-refractivity contribution in [2.75, 3.05) is 20.8 Å². The van der Waals surface area contributed by atoms with Gasteiger partial charge in [-0.1, -0.05) is 19.1 Å². The van der Waals surface area contributed by atoms with E-state index in [1.54, 1.807) is 26.4 Å². The molecule has 0 fully saturated rings. The molecule has 26 heavy (non-hydrogen) atoms. The minimum atomic E-state index is -0.346. The Balaban J connectivity index is 1.86. The molecule has 3 rings (SSSR count). The molecule has 1 aromatic heterocycles. The van der Waals surface area contributed by atoms with Crippen molar-refractivity contribution in [2.24, 2.45) is 0 Å². The van der Waals surface area contributed by atoms with Gasteiger partial charge < -0.3 is 13.9 Å². The normalized spacial score (nSPS) is 11.1. The number of fused-ring (bicyclic) bond motifs is 1. The van der Waals surface area contributed by atoms with Gasteiger partial charge in [0.2, 0.25) is 0 Å². The molecule has 3 aromatic rings. The summed E-state index contributed by atoms with van der Waals surface area (Å²) in [7, 11) is 3.26. The summed E-state index contributed by atoms with van der Waals surface area (Å²) >= 11 is 0. The second-order valence-electron chi connectivity index (χ2n) is 6.10. The first-order valence-electron chi connectivity index (χ1n) is 8.59. The van der Waals surface area contributed by atoms with Crippen LogP contribution in [0.3, 0.4) is 0 Å². The second kappa shape index (κ2) is 8.06. The Morgan fingerprint density at radius 3 is 2.27 bits per heavy atom. The third-order valence-electron chi connectivity index (χ3n) is 4.44. The molecule has 0 bridgehead atoms. The second-order valence-corrected chi connectivity index (χ2v) is 6.10. The topological polar surface area (TPSA) is 51.9 Å². The number of nitrogens with zero attached hydrogens (tertiary/aromatic N) is 1. The first-order valence-corrected chi connectivity index (χ1v) is 8.59. The molecule has 0 saturated carbocycles. The molecule has 0 aliphatic carbocycles. The molecule has 0 N–H and O–H groups in total. The van der Waals surface area contributed by atoms with Gasteiger partial charge in [-0.05, 0) is 41.9 Å². The highest BCUT2D eigenvalue weighted by atomic mass is 16.5.